The van der Waals surface area contributed by atoms with Crippen molar-refractivity contribution in [2.75, 3.05) is 5.75 Å². The Morgan fingerprint density at radius 3 is 2.87 bits per heavy atom. The van der Waals surface area contributed by atoms with Gasteiger partial charge >= 0.3 is 0 Å². The number of nitrogens with zero attached hydrogens (tertiary/aromatic N) is 1. The molecule has 0 N–H and O–H groups in total. The molecule has 0 atom stereocenters. The maximum atomic E-state index is 11.6. The molecule has 0 aromatic carbocycles. The zero-order chi connectivity index (χ0) is 11.3. The first-order valence-electron chi connectivity index (χ1n) is 4.80. The predicted octanol–water partition coefficient (Wildman–Crippen LogP) is 3.10. The molecular weight excluding hydrogens is 274 g/mol. The SMILES string of the molecule is CC(C)SCC(=O)Cc1cncc(Br)c1. The summed E-state index contributed by atoms with van der Waals surface area (Å²) in [5, 5.41) is 0.509. The van der Waals surface area contributed by atoms with E-state index in [4.69, 9.17) is 0 Å². The van der Waals surface area contributed by atoms with Gasteiger partial charge in [-0.25, -0.2) is 0 Å². The summed E-state index contributed by atoms with van der Waals surface area (Å²) < 4.78 is 0.921. The number of Topliss-reactive ketones (excluding diaryl/α,β-unsaturated/α-hetero) is 1. The molecule has 0 radical (unpaired) electrons. The van der Waals surface area contributed by atoms with Crippen LogP contribution in [0.3, 0.4) is 0 Å². The second-order valence-corrected chi connectivity index (χ2v) is 6.07. The summed E-state index contributed by atoms with van der Waals surface area (Å²) in [6, 6.07) is 1.94. The number of aromatic nitrogens is 1. The third kappa shape index (κ3) is 5.33. The summed E-state index contributed by atoms with van der Waals surface area (Å²) in [5.74, 6) is 0.845. The summed E-state index contributed by atoms with van der Waals surface area (Å²) >= 11 is 5.02. The van der Waals surface area contributed by atoms with Crippen LogP contribution >= 0.6 is 27.7 Å². The Morgan fingerprint density at radius 1 is 1.53 bits per heavy atom. The van der Waals surface area contributed by atoms with Crippen LogP contribution in [-0.4, -0.2) is 21.8 Å². The van der Waals surface area contributed by atoms with Crippen molar-refractivity contribution in [1.29, 1.82) is 0 Å². The lowest BCUT2D eigenvalue weighted by Gasteiger charge is -2.04. The van der Waals surface area contributed by atoms with E-state index in [2.05, 4.69) is 34.8 Å². The summed E-state index contributed by atoms with van der Waals surface area (Å²) in [4.78, 5) is 15.6. The maximum absolute atomic E-state index is 11.6. The number of hydrogen-bond donors (Lipinski definition) is 0. The van der Waals surface area contributed by atoms with Gasteiger partial charge in [0.2, 0.25) is 0 Å². The lowest BCUT2D eigenvalue weighted by molar-refractivity contribution is -0.116. The highest BCUT2D eigenvalue weighted by molar-refractivity contribution is 9.10. The fourth-order valence-electron chi connectivity index (χ4n) is 1.09. The van der Waals surface area contributed by atoms with Crippen molar-refractivity contribution in [1.82, 2.24) is 4.98 Å². The van der Waals surface area contributed by atoms with Crippen LogP contribution in [0, 0.1) is 0 Å². The number of carbonyl (C=O) groups is 1. The Kier molecular flexibility index (Phi) is 5.32. The molecule has 0 saturated carbocycles. The van der Waals surface area contributed by atoms with E-state index < -0.39 is 0 Å². The normalized spacial score (nSPS) is 10.7. The molecule has 2 nitrogen and oxygen atoms in total. The van der Waals surface area contributed by atoms with Crippen molar-refractivity contribution in [3.8, 4) is 0 Å². The minimum atomic E-state index is 0.258. The molecule has 0 fully saturated rings. The van der Waals surface area contributed by atoms with Crippen LogP contribution in [-0.2, 0) is 11.2 Å². The van der Waals surface area contributed by atoms with Crippen molar-refractivity contribution in [3.05, 3.63) is 28.5 Å². The summed E-state index contributed by atoms with van der Waals surface area (Å²) in [5.41, 5.74) is 0.971. The van der Waals surface area contributed by atoms with Gasteiger partial charge in [-0.3, -0.25) is 9.78 Å². The Hall–Kier alpha value is -0.350. The molecular formula is C11H14BrNOS. The minimum absolute atomic E-state index is 0.258. The molecule has 0 aliphatic heterocycles. The minimum Gasteiger partial charge on any atom is -0.298 e. The van der Waals surface area contributed by atoms with Gasteiger partial charge in [-0.1, -0.05) is 13.8 Å². The van der Waals surface area contributed by atoms with E-state index in [-0.39, 0.29) is 5.78 Å². The Labute approximate surface area is 103 Å². The van der Waals surface area contributed by atoms with Crippen LogP contribution in [0.2, 0.25) is 0 Å². The van der Waals surface area contributed by atoms with Crippen molar-refractivity contribution in [2.45, 2.75) is 25.5 Å². The third-order valence-electron chi connectivity index (χ3n) is 1.74. The number of hydrogen-bond acceptors (Lipinski definition) is 3. The van der Waals surface area contributed by atoms with Crippen LogP contribution in [0.1, 0.15) is 19.4 Å². The maximum Gasteiger partial charge on any atom is 0.147 e. The van der Waals surface area contributed by atoms with E-state index in [9.17, 15) is 4.79 Å². The van der Waals surface area contributed by atoms with Crippen molar-refractivity contribution in [2.24, 2.45) is 0 Å². The zero-order valence-corrected chi connectivity index (χ0v) is 11.3. The van der Waals surface area contributed by atoms with Crippen LogP contribution in [0.5, 0.6) is 0 Å². The molecule has 15 heavy (non-hydrogen) atoms. The summed E-state index contributed by atoms with van der Waals surface area (Å²) in [6.45, 7) is 4.19. The lowest BCUT2D eigenvalue weighted by Crippen LogP contribution is -2.07. The van der Waals surface area contributed by atoms with Gasteiger partial charge in [0.05, 0.1) is 5.75 Å². The fraction of sp³-hybridized carbons (Fsp3) is 0.455. The van der Waals surface area contributed by atoms with E-state index in [1.54, 1.807) is 24.2 Å². The van der Waals surface area contributed by atoms with Gasteiger partial charge < -0.3 is 0 Å². The van der Waals surface area contributed by atoms with Gasteiger partial charge in [0.1, 0.15) is 5.78 Å². The van der Waals surface area contributed by atoms with Gasteiger partial charge in [-0.05, 0) is 32.8 Å². The molecule has 0 amide bonds. The van der Waals surface area contributed by atoms with Gasteiger partial charge in [-0.2, -0.15) is 11.8 Å². The molecule has 1 aromatic heterocycles. The highest BCUT2D eigenvalue weighted by atomic mass is 79.9. The number of pyridine rings is 1. The number of ketones is 1. The first-order valence-corrected chi connectivity index (χ1v) is 6.65. The van der Waals surface area contributed by atoms with Crippen LogP contribution in [0.25, 0.3) is 0 Å². The van der Waals surface area contributed by atoms with Crippen molar-refractivity contribution in [3.63, 3.8) is 0 Å². The van der Waals surface area contributed by atoms with Crippen molar-refractivity contribution >= 4 is 33.5 Å². The molecule has 0 aliphatic carbocycles. The molecule has 1 rings (SSSR count). The average Bonchev–Trinajstić information content (AvgIpc) is 2.15. The molecule has 0 spiro atoms. The van der Waals surface area contributed by atoms with Gasteiger partial charge in [0.25, 0.3) is 0 Å². The monoisotopic (exact) mass is 287 g/mol. The highest BCUT2D eigenvalue weighted by Crippen LogP contribution is 2.13. The van der Waals surface area contributed by atoms with E-state index in [0.29, 0.717) is 17.4 Å². The highest BCUT2D eigenvalue weighted by Gasteiger charge is 2.06. The second-order valence-electron chi connectivity index (χ2n) is 3.59. The number of rotatable bonds is 5. The van der Waals surface area contributed by atoms with Gasteiger partial charge in [0.15, 0.2) is 0 Å². The first kappa shape index (κ1) is 12.7. The van der Waals surface area contributed by atoms with Gasteiger partial charge in [-0.15, -0.1) is 0 Å². The Balaban J connectivity index is 2.44. The molecule has 1 aromatic rings. The van der Waals surface area contributed by atoms with E-state index in [1.807, 2.05) is 6.07 Å². The molecule has 0 aliphatic rings. The van der Waals surface area contributed by atoms with E-state index in [1.165, 1.54) is 0 Å². The number of halogens is 1. The molecule has 0 saturated heterocycles. The number of thioether (sulfide) groups is 1. The standard InChI is InChI=1S/C11H14BrNOS/c1-8(2)15-7-11(14)4-9-3-10(12)6-13-5-9/h3,5-6,8H,4,7H2,1-2H3. The lowest BCUT2D eigenvalue weighted by atomic mass is 10.2. The number of carbonyl (C=O) groups excluding carboxylic acids is 1. The summed E-state index contributed by atoms with van der Waals surface area (Å²) in [6.07, 6.45) is 3.94. The molecule has 0 bridgehead atoms. The molecule has 4 heteroatoms. The molecule has 1 heterocycles. The topological polar surface area (TPSA) is 30.0 Å². The first-order chi connectivity index (χ1) is 7.08. The Morgan fingerprint density at radius 2 is 2.27 bits per heavy atom. The van der Waals surface area contributed by atoms with Gasteiger partial charge in [0, 0.05) is 23.3 Å². The van der Waals surface area contributed by atoms with E-state index >= 15 is 0 Å². The quantitative estimate of drug-likeness (QED) is 0.834. The fourth-order valence-corrected chi connectivity index (χ4v) is 2.12. The second kappa shape index (κ2) is 6.28. The molecule has 82 valence electrons. The van der Waals surface area contributed by atoms with Crippen LogP contribution in [0.15, 0.2) is 22.9 Å². The predicted molar refractivity (Wildman–Crippen MR) is 68.2 cm³/mol. The average molecular weight is 288 g/mol. The summed E-state index contributed by atoms with van der Waals surface area (Å²) in [7, 11) is 0. The smallest absolute Gasteiger partial charge is 0.147 e. The van der Waals surface area contributed by atoms with E-state index in [0.717, 1.165) is 10.0 Å². The van der Waals surface area contributed by atoms with Crippen LogP contribution < -0.4 is 0 Å². The van der Waals surface area contributed by atoms with Crippen molar-refractivity contribution < 1.29 is 4.79 Å². The molecule has 0 unspecified atom stereocenters. The largest absolute Gasteiger partial charge is 0.298 e. The zero-order valence-electron chi connectivity index (χ0n) is 8.87. The van der Waals surface area contributed by atoms with Crippen LogP contribution in [0.4, 0.5) is 0 Å². The third-order valence-corrected chi connectivity index (χ3v) is 3.33. The Bertz CT molecular complexity index is 341.